The predicted molar refractivity (Wildman–Crippen MR) is 151 cm³/mol. The maximum absolute atomic E-state index is 13.3. The number of anilines is 2. The van der Waals surface area contributed by atoms with E-state index in [0.717, 1.165) is 28.1 Å². The van der Waals surface area contributed by atoms with Crippen molar-refractivity contribution < 1.29 is 9.59 Å². The van der Waals surface area contributed by atoms with E-state index in [1.54, 1.807) is 22.6 Å². The van der Waals surface area contributed by atoms with Gasteiger partial charge in [0.1, 0.15) is 11.2 Å². The van der Waals surface area contributed by atoms with Crippen LogP contribution in [-0.4, -0.2) is 47.9 Å². The lowest BCUT2D eigenvalue weighted by molar-refractivity contribution is -0.122. The highest BCUT2D eigenvalue weighted by Crippen LogP contribution is 2.27. The second kappa shape index (κ2) is 9.60. The van der Waals surface area contributed by atoms with Crippen LogP contribution in [0.1, 0.15) is 28.8 Å². The Hall–Kier alpha value is -5.06. The SMILES string of the molecule is Cc1cccc(N2CC(C(=O)Nc3cc(C)nn3-c3nc4c(cnn4-c4ccc(C)c(C)c4)c(=O)[nH]3)CC2=O)c1. The molecule has 0 bridgehead atoms. The molecule has 2 amide bonds. The highest BCUT2D eigenvalue weighted by molar-refractivity contribution is 6.03. The summed E-state index contributed by atoms with van der Waals surface area (Å²) < 4.78 is 3.00. The van der Waals surface area contributed by atoms with Crippen LogP contribution in [0.15, 0.2) is 59.5 Å². The summed E-state index contributed by atoms with van der Waals surface area (Å²) in [5, 5.41) is 12.1. The third-order valence-electron chi connectivity index (χ3n) is 7.25. The minimum atomic E-state index is -0.544. The third-order valence-corrected chi connectivity index (χ3v) is 7.25. The fourth-order valence-electron chi connectivity index (χ4n) is 4.96. The Bertz CT molecular complexity index is 1860. The van der Waals surface area contributed by atoms with Crippen molar-refractivity contribution in [3.05, 3.63) is 87.5 Å². The second-order valence-corrected chi connectivity index (χ2v) is 10.3. The molecule has 11 heteroatoms. The Morgan fingerprint density at radius 1 is 0.975 bits per heavy atom. The molecule has 1 aliphatic rings. The quantitative estimate of drug-likeness (QED) is 0.353. The van der Waals surface area contributed by atoms with Gasteiger partial charge in [0.2, 0.25) is 17.8 Å². The molecule has 0 aliphatic carbocycles. The largest absolute Gasteiger partial charge is 0.312 e. The number of fused-ring (bicyclic) bond motifs is 1. The second-order valence-electron chi connectivity index (χ2n) is 10.3. The Kier molecular flexibility index (Phi) is 6.05. The van der Waals surface area contributed by atoms with Crippen LogP contribution >= 0.6 is 0 Å². The molecule has 1 aliphatic heterocycles. The average molecular weight is 537 g/mol. The highest BCUT2D eigenvalue weighted by Gasteiger charge is 2.35. The van der Waals surface area contributed by atoms with Gasteiger partial charge in [0.25, 0.3) is 5.56 Å². The molecule has 1 saturated heterocycles. The van der Waals surface area contributed by atoms with Crippen molar-refractivity contribution in [2.45, 2.75) is 34.1 Å². The zero-order valence-corrected chi connectivity index (χ0v) is 22.6. The van der Waals surface area contributed by atoms with Gasteiger partial charge >= 0.3 is 0 Å². The lowest BCUT2D eigenvalue weighted by atomic mass is 10.1. The van der Waals surface area contributed by atoms with Gasteiger partial charge in [-0.25, -0.2) is 4.68 Å². The highest BCUT2D eigenvalue weighted by atomic mass is 16.2. The van der Waals surface area contributed by atoms with Gasteiger partial charge in [-0.2, -0.15) is 19.9 Å². The molecule has 3 aromatic heterocycles. The molecule has 202 valence electrons. The number of aromatic amines is 1. The first-order valence-electron chi connectivity index (χ1n) is 13.0. The normalized spacial score (nSPS) is 15.2. The van der Waals surface area contributed by atoms with Crippen LogP contribution in [0.5, 0.6) is 0 Å². The number of nitrogens with zero attached hydrogens (tertiary/aromatic N) is 6. The molecule has 4 heterocycles. The number of hydrogen-bond donors (Lipinski definition) is 2. The van der Waals surface area contributed by atoms with E-state index in [2.05, 4.69) is 25.5 Å². The fraction of sp³-hybridized carbons (Fsp3) is 0.241. The number of aromatic nitrogens is 6. The van der Waals surface area contributed by atoms with Crippen molar-refractivity contribution in [3.8, 4) is 11.6 Å². The van der Waals surface area contributed by atoms with Gasteiger partial charge < -0.3 is 10.2 Å². The maximum Gasteiger partial charge on any atom is 0.263 e. The van der Waals surface area contributed by atoms with E-state index in [4.69, 9.17) is 0 Å². The number of aryl methyl sites for hydroxylation is 4. The number of rotatable bonds is 5. The number of H-pyrrole nitrogens is 1. The van der Waals surface area contributed by atoms with Crippen molar-refractivity contribution in [1.29, 1.82) is 0 Å². The first-order valence-corrected chi connectivity index (χ1v) is 13.0. The molecule has 0 radical (unpaired) electrons. The van der Waals surface area contributed by atoms with Gasteiger partial charge in [-0.15, -0.1) is 0 Å². The molecule has 1 fully saturated rings. The van der Waals surface area contributed by atoms with Crippen molar-refractivity contribution in [1.82, 2.24) is 29.5 Å². The van der Waals surface area contributed by atoms with Gasteiger partial charge in [-0.3, -0.25) is 19.4 Å². The Labute approximate surface area is 229 Å². The third kappa shape index (κ3) is 4.45. The van der Waals surface area contributed by atoms with Crippen molar-refractivity contribution in [3.63, 3.8) is 0 Å². The summed E-state index contributed by atoms with van der Waals surface area (Å²) in [6, 6.07) is 15.2. The lowest BCUT2D eigenvalue weighted by Crippen LogP contribution is -2.29. The number of carbonyl (C=O) groups is 2. The van der Waals surface area contributed by atoms with Crippen LogP contribution in [0, 0.1) is 33.6 Å². The molecule has 0 saturated carbocycles. The van der Waals surface area contributed by atoms with E-state index in [0.29, 0.717) is 22.5 Å². The summed E-state index contributed by atoms with van der Waals surface area (Å²) in [6.45, 7) is 8.05. The predicted octanol–water partition coefficient (Wildman–Crippen LogP) is 3.52. The molecule has 1 unspecified atom stereocenters. The molecular weight excluding hydrogens is 508 g/mol. The van der Waals surface area contributed by atoms with Crippen LogP contribution in [0.2, 0.25) is 0 Å². The molecule has 2 N–H and O–H groups in total. The number of amides is 2. The van der Waals surface area contributed by atoms with E-state index in [1.807, 2.05) is 63.2 Å². The van der Waals surface area contributed by atoms with Gasteiger partial charge in [0, 0.05) is 24.7 Å². The molecule has 5 aromatic rings. The van der Waals surface area contributed by atoms with Crippen LogP contribution in [0.3, 0.4) is 0 Å². The van der Waals surface area contributed by atoms with Crippen LogP contribution in [0.4, 0.5) is 11.5 Å². The van der Waals surface area contributed by atoms with E-state index >= 15 is 0 Å². The molecule has 0 spiro atoms. The van der Waals surface area contributed by atoms with E-state index in [-0.39, 0.29) is 36.3 Å². The molecule has 6 rings (SSSR count). The topological polar surface area (TPSA) is 131 Å². The summed E-state index contributed by atoms with van der Waals surface area (Å²) in [4.78, 5) is 48.1. The molecule has 1 atom stereocenters. The lowest BCUT2D eigenvalue weighted by Gasteiger charge is -2.17. The maximum atomic E-state index is 13.3. The molecule has 11 nitrogen and oxygen atoms in total. The summed E-state index contributed by atoms with van der Waals surface area (Å²) in [5.41, 5.74) is 5.42. The molecule has 2 aromatic carbocycles. The van der Waals surface area contributed by atoms with Crippen LogP contribution in [0.25, 0.3) is 22.7 Å². The summed E-state index contributed by atoms with van der Waals surface area (Å²) in [6.07, 6.45) is 1.58. The first kappa shape index (κ1) is 25.2. The van der Waals surface area contributed by atoms with Gasteiger partial charge in [0.15, 0.2) is 5.65 Å². The average Bonchev–Trinajstić information content (AvgIpc) is 3.62. The van der Waals surface area contributed by atoms with Crippen LogP contribution < -0.4 is 15.8 Å². The van der Waals surface area contributed by atoms with E-state index in [1.165, 1.54) is 10.9 Å². The van der Waals surface area contributed by atoms with E-state index in [9.17, 15) is 14.4 Å². The zero-order valence-electron chi connectivity index (χ0n) is 22.6. The molecule has 40 heavy (non-hydrogen) atoms. The number of carbonyl (C=O) groups excluding carboxylic acids is 2. The van der Waals surface area contributed by atoms with E-state index < -0.39 is 5.92 Å². The standard InChI is InChI=1S/C29H28N8O3/c1-16-6-5-7-21(10-16)35-15-20(13-25(35)38)27(39)31-24-12-19(4)34-37(24)29-32-26-23(28(40)33-29)14-30-36(26)22-9-8-17(2)18(3)11-22/h5-12,14,20H,13,15H2,1-4H3,(H,31,39)(H,32,33,40). The zero-order chi connectivity index (χ0) is 28.1. The monoisotopic (exact) mass is 536 g/mol. The fourth-order valence-corrected chi connectivity index (χ4v) is 4.96. The van der Waals surface area contributed by atoms with Gasteiger partial charge in [-0.1, -0.05) is 18.2 Å². The molecular formula is C29H28N8O3. The van der Waals surface area contributed by atoms with Crippen LogP contribution in [-0.2, 0) is 9.59 Å². The summed E-state index contributed by atoms with van der Waals surface area (Å²) in [7, 11) is 0. The number of hydrogen-bond acceptors (Lipinski definition) is 6. The summed E-state index contributed by atoms with van der Waals surface area (Å²) >= 11 is 0. The Morgan fingerprint density at radius 3 is 2.58 bits per heavy atom. The number of nitrogens with one attached hydrogen (secondary N) is 2. The number of benzene rings is 2. The Morgan fingerprint density at radius 2 is 1.80 bits per heavy atom. The van der Waals surface area contributed by atoms with Crippen molar-refractivity contribution >= 4 is 34.4 Å². The summed E-state index contributed by atoms with van der Waals surface area (Å²) in [5.74, 6) is -0.490. The van der Waals surface area contributed by atoms with Gasteiger partial charge in [0.05, 0.1) is 23.5 Å². The van der Waals surface area contributed by atoms with Crippen molar-refractivity contribution in [2.75, 3.05) is 16.8 Å². The van der Waals surface area contributed by atoms with Gasteiger partial charge in [-0.05, 0) is 68.7 Å². The first-order chi connectivity index (χ1) is 19.2. The minimum Gasteiger partial charge on any atom is -0.312 e. The van der Waals surface area contributed by atoms with Crippen molar-refractivity contribution in [2.24, 2.45) is 5.92 Å². The smallest absolute Gasteiger partial charge is 0.263 e. The minimum absolute atomic E-state index is 0.100. The Balaban J connectivity index is 1.31.